The summed E-state index contributed by atoms with van der Waals surface area (Å²) in [6.45, 7) is 8.00. The van der Waals surface area contributed by atoms with E-state index in [1.165, 1.54) is 5.56 Å². The summed E-state index contributed by atoms with van der Waals surface area (Å²) in [6, 6.07) is 7.96. The molecule has 3 N–H and O–H groups in total. The molecule has 2 aromatic heterocycles. The maximum atomic E-state index is 12.1. The van der Waals surface area contributed by atoms with E-state index in [1.54, 1.807) is 4.68 Å². The normalized spacial score (nSPS) is 13.3. The van der Waals surface area contributed by atoms with Crippen LogP contribution in [0.1, 0.15) is 50.6 Å². The first kappa shape index (κ1) is 17.2. The molecule has 0 aliphatic carbocycles. The number of aromatic nitrogens is 4. The van der Waals surface area contributed by atoms with Crippen molar-refractivity contribution in [3.05, 3.63) is 61.9 Å². The Hall–Kier alpha value is -2.67. The quantitative estimate of drug-likeness (QED) is 0.675. The molecule has 7 nitrogen and oxygen atoms in total. The van der Waals surface area contributed by atoms with E-state index in [0.29, 0.717) is 5.65 Å². The Morgan fingerprint density at radius 3 is 2.36 bits per heavy atom. The van der Waals surface area contributed by atoms with Gasteiger partial charge in [-0.3, -0.25) is 14.8 Å². The first-order chi connectivity index (χ1) is 11.7. The van der Waals surface area contributed by atoms with Gasteiger partial charge < -0.3 is 5.11 Å². The first-order valence-electron chi connectivity index (χ1n) is 8.17. The zero-order valence-corrected chi connectivity index (χ0v) is 14.8. The van der Waals surface area contributed by atoms with Crippen LogP contribution in [0.5, 0.6) is 0 Å². The lowest BCUT2D eigenvalue weighted by molar-refractivity contribution is 0.276. The molecule has 0 bridgehead atoms. The molecule has 1 unspecified atom stereocenters. The van der Waals surface area contributed by atoms with Crippen LogP contribution in [0.2, 0.25) is 0 Å². The van der Waals surface area contributed by atoms with Gasteiger partial charge in [0.2, 0.25) is 0 Å². The number of rotatable bonds is 3. The van der Waals surface area contributed by atoms with Crippen LogP contribution in [-0.4, -0.2) is 24.9 Å². The number of hydrogen-bond acceptors (Lipinski definition) is 4. The van der Waals surface area contributed by atoms with Crippen LogP contribution in [0, 0.1) is 0 Å². The summed E-state index contributed by atoms with van der Waals surface area (Å²) in [6.07, 6.45) is 0. The fourth-order valence-corrected chi connectivity index (χ4v) is 2.94. The molecular weight excluding hydrogens is 320 g/mol. The smallest absolute Gasteiger partial charge is 0.327 e. The minimum absolute atomic E-state index is 0.0583. The third-order valence-corrected chi connectivity index (χ3v) is 4.44. The summed E-state index contributed by atoms with van der Waals surface area (Å²) in [5.74, 6) is 0. The molecular formula is C18H22N4O3. The van der Waals surface area contributed by atoms with Crippen LogP contribution < -0.4 is 11.2 Å². The third kappa shape index (κ3) is 3.02. The van der Waals surface area contributed by atoms with Crippen molar-refractivity contribution in [1.82, 2.24) is 19.7 Å². The van der Waals surface area contributed by atoms with Gasteiger partial charge in [-0.1, -0.05) is 45.0 Å². The van der Waals surface area contributed by atoms with E-state index in [9.17, 15) is 14.7 Å². The van der Waals surface area contributed by atoms with Crippen LogP contribution >= 0.6 is 0 Å². The van der Waals surface area contributed by atoms with Crippen molar-refractivity contribution >= 4 is 11.0 Å². The monoisotopic (exact) mass is 342 g/mol. The Morgan fingerprint density at radius 2 is 1.80 bits per heavy atom. The average molecular weight is 342 g/mol. The van der Waals surface area contributed by atoms with E-state index in [4.69, 9.17) is 0 Å². The second kappa shape index (κ2) is 6.00. The van der Waals surface area contributed by atoms with Crippen molar-refractivity contribution in [1.29, 1.82) is 0 Å². The van der Waals surface area contributed by atoms with Crippen LogP contribution in [-0.2, 0) is 12.0 Å². The molecule has 0 aliphatic heterocycles. The van der Waals surface area contributed by atoms with Crippen LogP contribution in [0.3, 0.4) is 0 Å². The molecule has 1 atom stereocenters. The highest BCUT2D eigenvalue weighted by atomic mass is 16.3. The van der Waals surface area contributed by atoms with Crippen LogP contribution in [0.15, 0.2) is 33.9 Å². The van der Waals surface area contributed by atoms with Crippen molar-refractivity contribution in [3.8, 4) is 0 Å². The van der Waals surface area contributed by atoms with Gasteiger partial charge >= 0.3 is 5.69 Å². The molecule has 25 heavy (non-hydrogen) atoms. The SMILES string of the molecule is CC(c1ccc(C(C)(C)C)cc1)n1nc(CO)c2c(=O)[nH]c(=O)[nH]c21. The molecule has 3 rings (SSSR count). The van der Waals surface area contributed by atoms with Crippen LogP contribution in [0.25, 0.3) is 11.0 Å². The molecule has 0 amide bonds. The van der Waals surface area contributed by atoms with E-state index in [0.717, 1.165) is 5.56 Å². The Kier molecular flexibility index (Phi) is 4.12. The molecule has 1 aromatic carbocycles. The summed E-state index contributed by atoms with van der Waals surface area (Å²) in [5, 5.41) is 14.0. The van der Waals surface area contributed by atoms with E-state index >= 15 is 0 Å². The number of benzene rings is 1. The predicted molar refractivity (Wildman–Crippen MR) is 95.9 cm³/mol. The topological polar surface area (TPSA) is 104 Å². The summed E-state index contributed by atoms with van der Waals surface area (Å²) < 4.78 is 1.57. The Bertz CT molecular complexity index is 1020. The standard InChI is InChI=1S/C18H22N4O3/c1-10(11-5-7-12(8-6-11)18(2,3)4)22-15-14(13(9-23)21-22)16(24)20-17(25)19-15/h5-8,10,23H,9H2,1-4H3,(H2,19,20,24,25). The Morgan fingerprint density at radius 1 is 1.16 bits per heavy atom. The number of fused-ring (bicyclic) bond motifs is 1. The largest absolute Gasteiger partial charge is 0.390 e. The van der Waals surface area contributed by atoms with E-state index in [1.807, 2.05) is 19.1 Å². The summed E-state index contributed by atoms with van der Waals surface area (Å²) in [7, 11) is 0. The molecule has 2 heterocycles. The molecule has 0 aliphatic rings. The molecule has 132 valence electrons. The zero-order valence-electron chi connectivity index (χ0n) is 14.8. The average Bonchev–Trinajstić information content (AvgIpc) is 2.92. The highest BCUT2D eigenvalue weighted by Crippen LogP contribution is 2.26. The third-order valence-electron chi connectivity index (χ3n) is 4.44. The maximum Gasteiger partial charge on any atom is 0.327 e. The van der Waals surface area contributed by atoms with Gasteiger partial charge in [-0.2, -0.15) is 5.10 Å². The zero-order chi connectivity index (χ0) is 18.4. The second-order valence-corrected chi connectivity index (χ2v) is 7.23. The van der Waals surface area contributed by atoms with E-state index in [2.05, 4.69) is 48.0 Å². The number of aliphatic hydroxyl groups excluding tert-OH is 1. The summed E-state index contributed by atoms with van der Waals surface area (Å²) in [4.78, 5) is 28.5. The molecule has 3 aromatic rings. The summed E-state index contributed by atoms with van der Waals surface area (Å²) in [5.41, 5.74) is 1.67. The number of nitrogens with one attached hydrogen (secondary N) is 2. The van der Waals surface area contributed by atoms with Crippen molar-refractivity contribution in [2.45, 2.75) is 45.8 Å². The van der Waals surface area contributed by atoms with Crippen molar-refractivity contribution in [2.75, 3.05) is 0 Å². The minimum Gasteiger partial charge on any atom is -0.390 e. The number of aromatic amines is 2. The molecule has 7 heteroatoms. The Balaban J connectivity index is 2.13. The summed E-state index contributed by atoms with van der Waals surface area (Å²) >= 11 is 0. The number of H-pyrrole nitrogens is 2. The van der Waals surface area contributed by atoms with Gasteiger partial charge in [-0.05, 0) is 23.5 Å². The fourth-order valence-electron chi connectivity index (χ4n) is 2.94. The molecule has 0 fully saturated rings. The molecule has 0 spiro atoms. The van der Waals surface area contributed by atoms with Gasteiger partial charge in [0.05, 0.1) is 12.6 Å². The lowest BCUT2D eigenvalue weighted by atomic mass is 9.86. The van der Waals surface area contributed by atoms with Gasteiger partial charge in [0.1, 0.15) is 16.7 Å². The molecule has 0 saturated carbocycles. The lowest BCUT2D eigenvalue weighted by Crippen LogP contribution is -2.23. The number of nitrogens with zero attached hydrogens (tertiary/aromatic N) is 2. The van der Waals surface area contributed by atoms with Gasteiger partial charge in [0.15, 0.2) is 0 Å². The lowest BCUT2D eigenvalue weighted by Gasteiger charge is -2.20. The van der Waals surface area contributed by atoms with Gasteiger partial charge in [-0.15, -0.1) is 0 Å². The maximum absolute atomic E-state index is 12.1. The highest BCUT2D eigenvalue weighted by Gasteiger charge is 2.20. The molecule has 0 saturated heterocycles. The van der Waals surface area contributed by atoms with E-state index < -0.39 is 11.2 Å². The van der Waals surface area contributed by atoms with Crippen molar-refractivity contribution in [3.63, 3.8) is 0 Å². The van der Waals surface area contributed by atoms with Crippen LogP contribution in [0.4, 0.5) is 0 Å². The van der Waals surface area contributed by atoms with Crippen molar-refractivity contribution in [2.24, 2.45) is 0 Å². The van der Waals surface area contributed by atoms with Gasteiger partial charge in [0.25, 0.3) is 5.56 Å². The fraction of sp³-hybridized carbons (Fsp3) is 0.389. The minimum atomic E-state index is -0.599. The van der Waals surface area contributed by atoms with Gasteiger partial charge in [0, 0.05) is 0 Å². The highest BCUT2D eigenvalue weighted by molar-refractivity contribution is 5.77. The van der Waals surface area contributed by atoms with E-state index in [-0.39, 0.29) is 29.1 Å². The van der Waals surface area contributed by atoms with Crippen molar-refractivity contribution < 1.29 is 5.11 Å². The first-order valence-corrected chi connectivity index (χ1v) is 8.17. The molecule has 0 radical (unpaired) electrons. The predicted octanol–water partition coefficient (Wildman–Crippen LogP) is 1.81. The van der Waals surface area contributed by atoms with Gasteiger partial charge in [-0.25, -0.2) is 9.48 Å². The second-order valence-electron chi connectivity index (χ2n) is 7.23. The number of aliphatic hydroxyl groups is 1. The Labute approximate surface area is 144 Å². The number of hydrogen-bond donors (Lipinski definition) is 3.